The Balaban J connectivity index is 2.80. The molecule has 15 heavy (non-hydrogen) atoms. The fraction of sp³-hybridized carbons (Fsp3) is 0.545. The highest BCUT2D eigenvalue weighted by Crippen LogP contribution is 2.12. The van der Waals surface area contributed by atoms with Gasteiger partial charge in [-0.05, 0) is 32.9 Å². The van der Waals surface area contributed by atoms with E-state index in [0.717, 1.165) is 5.76 Å². The minimum absolute atomic E-state index is 0.0984. The van der Waals surface area contributed by atoms with Gasteiger partial charge in [-0.3, -0.25) is 4.79 Å². The van der Waals surface area contributed by atoms with Crippen molar-refractivity contribution in [1.82, 2.24) is 4.90 Å². The molecule has 0 atom stereocenters. The minimum atomic E-state index is -0.0984. The van der Waals surface area contributed by atoms with Crippen LogP contribution < -0.4 is 0 Å². The van der Waals surface area contributed by atoms with E-state index in [2.05, 4.69) is 0 Å². The number of carbonyl (C=O) groups excluding carboxylic acids is 1. The summed E-state index contributed by atoms with van der Waals surface area (Å²) in [6.45, 7) is 6.27. The Bertz CT molecular complexity index is 333. The van der Waals surface area contributed by atoms with Crippen LogP contribution in [-0.4, -0.2) is 29.3 Å². The molecule has 3 nitrogen and oxygen atoms in total. The van der Waals surface area contributed by atoms with Crippen LogP contribution in [0.1, 0.15) is 30.2 Å². The Morgan fingerprint density at radius 3 is 2.60 bits per heavy atom. The predicted octanol–water partition coefficient (Wildman–Crippen LogP) is 2.68. The van der Waals surface area contributed by atoms with Gasteiger partial charge < -0.3 is 9.32 Å². The SMILES string of the molecule is Cc1ccc(C(=O)N(CCCl)C(C)C)o1. The molecule has 0 unspecified atom stereocenters. The van der Waals surface area contributed by atoms with Crippen LogP contribution in [0.4, 0.5) is 0 Å². The molecule has 0 radical (unpaired) electrons. The van der Waals surface area contributed by atoms with Gasteiger partial charge in [-0.25, -0.2) is 0 Å². The number of rotatable bonds is 4. The fourth-order valence-electron chi connectivity index (χ4n) is 1.38. The summed E-state index contributed by atoms with van der Waals surface area (Å²) in [6.07, 6.45) is 0. The summed E-state index contributed by atoms with van der Waals surface area (Å²) in [5, 5.41) is 0. The maximum Gasteiger partial charge on any atom is 0.289 e. The summed E-state index contributed by atoms with van der Waals surface area (Å²) < 4.78 is 5.29. The molecule has 4 heteroatoms. The molecule has 0 aliphatic rings. The summed E-state index contributed by atoms with van der Waals surface area (Å²) in [5.41, 5.74) is 0. The number of carbonyl (C=O) groups is 1. The maximum atomic E-state index is 12.0. The zero-order valence-corrected chi connectivity index (χ0v) is 10.0. The van der Waals surface area contributed by atoms with E-state index in [4.69, 9.17) is 16.0 Å². The van der Waals surface area contributed by atoms with Gasteiger partial charge in [0.2, 0.25) is 0 Å². The quantitative estimate of drug-likeness (QED) is 0.744. The van der Waals surface area contributed by atoms with Gasteiger partial charge >= 0.3 is 0 Å². The van der Waals surface area contributed by atoms with E-state index in [1.54, 1.807) is 17.0 Å². The summed E-state index contributed by atoms with van der Waals surface area (Å²) >= 11 is 5.65. The predicted molar refractivity (Wildman–Crippen MR) is 60.3 cm³/mol. The van der Waals surface area contributed by atoms with Crippen LogP contribution in [0.5, 0.6) is 0 Å². The van der Waals surface area contributed by atoms with Gasteiger partial charge in [0.05, 0.1) is 0 Å². The fourth-order valence-corrected chi connectivity index (χ4v) is 1.56. The van der Waals surface area contributed by atoms with Gasteiger partial charge in [0, 0.05) is 18.5 Å². The van der Waals surface area contributed by atoms with Gasteiger partial charge in [0.1, 0.15) is 5.76 Å². The largest absolute Gasteiger partial charge is 0.456 e. The second-order valence-corrected chi connectivity index (χ2v) is 4.07. The van der Waals surface area contributed by atoms with Crippen molar-refractivity contribution in [3.8, 4) is 0 Å². The lowest BCUT2D eigenvalue weighted by Crippen LogP contribution is -2.38. The number of aryl methyl sites for hydroxylation is 1. The van der Waals surface area contributed by atoms with E-state index in [1.165, 1.54) is 0 Å². The third-order valence-electron chi connectivity index (χ3n) is 2.16. The Morgan fingerprint density at radius 1 is 1.53 bits per heavy atom. The lowest BCUT2D eigenvalue weighted by molar-refractivity contribution is 0.0684. The maximum absolute atomic E-state index is 12.0. The molecule has 0 bridgehead atoms. The third kappa shape index (κ3) is 2.99. The summed E-state index contributed by atoms with van der Waals surface area (Å²) in [5.74, 6) is 1.46. The van der Waals surface area contributed by atoms with Gasteiger partial charge in [0.15, 0.2) is 5.76 Å². The summed E-state index contributed by atoms with van der Waals surface area (Å²) in [7, 11) is 0. The number of halogens is 1. The molecule has 0 fully saturated rings. The molecule has 1 rings (SSSR count). The lowest BCUT2D eigenvalue weighted by Gasteiger charge is -2.24. The van der Waals surface area contributed by atoms with Crippen LogP contribution in [0.15, 0.2) is 16.5 Å². The molecule has 0 N–H and O–H groups in total. The molecule has 1 heterocycles. The zero-order chi connectivity index (χ0) is 11.4. The van der Waals surface area contributed by atoms with Crippen molar-refractivity contribution in [2.75, 3.05) is 12.4 Å². The molecule has 1 aromatic heterocycles. The van der Waals surface area contributed by atoms with Crippen molar-refractivity contribution >= 4 is 17.5 Å². The third-order valence-corrected chi connectivity index (χ3v) is 2.33. The topological polar surface area (TPSA) is 33.5 Å². The van der Waals surface area contributed by atoms with Crippen molar-refractivity contribution in [2.24, 2.45) is 0 Å². The molecular formula is C11H16ClNO2. The van der Waals surface area contributed by atoms with Crippen LogP contribution in [-0.2, 0) is 0 Å². The molecular weight excluding hydrogens is 214 g/mol. The van der Waals surface area contributed by atoms with E-state index < -0.39 is 0 Å². The normalized spacial score (nSPS) is 10.7. The van der Waals surface area contributed by atoms with Crippen LogP contribution in [0.2, 0.25) is 0 Å². The smallest absolute Gasteiger partial charge is 0.289 e. The van der Waals surface area contributed by atoms with Gasteiger partial charge in [-0.1, -0.05) is 0 Å². The van der Waals surface area contributed by atoms with Crippen LogP contribution in [0.3, 0.4) is 0 Å². The average Bonchev–Trinajstić information content (AvgIpc) is 2.59. The standard InChI is InChI=1S/C11H16ClNO2/c1-8(2)13(7-6-12)11(14)10-5-4-9(3)15-10/h4-5,8H,6-7H2,1-3H3. The van der Waals surface area contributed by atoms with Crippen LogP contribution in [0, 0.1) is 6.92 Å². The van der Waals surface area contributed by atoms with Crippen molar-refractivity contribution in [3.05, 3.63) is 23.7 Å². The molecule has 1 amide bonds. The minimum Gasteiger partial charge on any atom is -0.456 e. The number of amides is 1. The first-order valence-electron chi connectivity index (χ1n) is 4.99. The monoisotopic (exact) mass is 229 g/mol. The molecule has 0 saturated carbocycles. The average molecular weight is 230 g/mol. The zero-order valence-electron chi connectivity index (χ0n) is 9.29. The highest BCUT2D eigenvalue weighted by atomic mass is 35.5. The van der Waals surface area contributed by atoms with Gasteiger partial charge in [-0.2, -0.15) is 0 Å². The van der Waals surface area contributed by atoms with Crippen molar-refractivity contribution in [3.63, 3.8) is 0 Å². The van der Waals surface area contributed by atoms with E-state index in [9.17, 15) is 4.79 Å². The number of nitrogens with zero attached hydrogens (tertiary/aromatic N) is 1. The van der Waals surface area contributed by atoms with Crippen molar-refractivity contribution in [2.45, 2.75) is 26.8 Å². The number of hydrogen-bond acceptors (Lipinski definition) is 2. The summed E-state index contributed by atoms with van der Waals surface area (Å²) in [6, 6.07) is 3.61. The Hall–Kier alpha value is -0.960. The first-order chi connectivity index (χ1) is 7.06. The van der Waals surface area contributed by atoms with E-state index in [0.29, 0.717) is 18.2 Å². The Kier molecular flexibility index (Phi) is 4.21. The van der Waals surface area contributed by atoms with Crippen molar-refractivity contribution < 1.29 is 9.21 Å². The number of furan rings is 1. The molecule has 0 saturated heterocycles. The molecule has 0 aliphatic heterocycles. The second kappa shape index (κ2) is 5.21. The van der Waals surface area contributed by atoms with E-state index in [1.807, 2.05) is 20.8 Å². The molecule has 0 aromatic carbocycles. The van der Waals surface area contributed by atoms with Crippen LogP contribution in [0.25, 0.3) is 0 Å². The highest BCUT2D eigenvalue weighted by molar-refractivity contribution is 6.18. The van der Waals surface area contributed by atoms with E-state index >= 15 is 0 Å². The molecule has 0 spiro atoms. The number of hydrogen-bond donors (Lipinski definition) is 0. The molecule has 0 aliphatic carbocycles. The van der Waals surface area contributed by atoms with Crippen LogP contribution >= 0.6 is 11.6 Å². The van der Waals surface area contributed by atoms with Gasteiger partial charge in [-0.15, -0.1) is 11.6 Å². The lowest BCUT2D eigenvalue weighted by atomic mass is 10.3. The second-order valence-electron chi connectivity index (χ2n) is 3.69. The summed E-state index contributed by atoms with van der Waals surface area (Å²) in [4.78, 5) is 13.7. The molecule has 1 aromatic rings. The Morgan fingerprint density at radius 2 is 2.20 bits per heavy atom. The highest BCUT2D eigenvalue weighted by Gasteiger charge is 2.20. The first kappa shape index (κ1) is 12.1. The Labute approximate surface area is 95.0 Å². The van der Waals surface area contributed by atoms with Gasteiger partial charge in [0.25, 0.3) is 5.91 Å². The van der Waals surface area contributed by atoms with E-state index in [-0.39, 0.29) is 11.9 Å². The first-order valence-corrected chi connectivity index (χ1v) is 5.53. The van der Waals surface area contributed by atoms with Crippen molar-refractivity contribution in [1.29, 1.82) is 0 Å². The molecule has 84 valence electrons. The number of alkyl halides is 1.